The van der Waals surface area contributed by atoms with Crippen molar-refractivity contribution >= 4 is 0 Å². The minimum atomic E-state index is -1.84. The van der Waals surface area contributed by atoms with Crippen LogP contribution in [0.4, 0.5) is 8.78 Å². The third kappa shape index (κ3) is 4.83. The van der Waals surface area contributed by atoms with Gasteiger partial charge in [-0.05, 0) is 12.3 Å². The van der Waals surface area contributed by atoms with E-state index in [9.17, 15) is 13.9 Å². The topological polar surface area (TPSA) is 29.5 Å². The monoisotopic (exact) mass is 194 g/mol. The van der Waals surface area contributed by atoms with Crippen molar-refractivity contribution in [2.75, 3.05) is 20.0 Å². The minimum Gasteiger partial charge on any atom is -0.502 e. The van der Waals surface area contributed by atoms with Gasteiger partial charge in [0.25, 0.3) is 0 Å². The number of hydrogen-bond acceptors (Lipinski definition) is 2. The predicted octanol–water partition coefficient (Wildman–Crippen LogP) is 1.84. The second kappa shape index (κ2) is 5.91. The van der Waals surface area contributed by atoms with Crippen LogP contribution in [-0.4, -0.2) is 30.7 Å². The Morgan fingerprint density at radius 2 is 2.08 bits per heavy atom. The largest absolute Gasteiger partial charge is 0.502 e. The molecule has 1 N–H and O–H groups in total. The van der Waals surface area contributed by atoms with E-state index >= 15 is 0 Å². The maximum absolute atomic E-state index is 12.2. The molecule has 0 amide bonds. The number of alkyl halides is 2. The summed E-state index contributed by atoms with van der Waals surface area (Å²) in [5, 5.41) is 9.27. The fourth-order valence-electron chi connectivity index (χ4n) is 1.08. The molecule has 0 aliphatic carbocycles. The predicted molar refractivity (Wildman–Crippen MR) is 46.8 cm³/mol. The maximum atomic E-state index is 12.2. The van der Waals surface area contributed by atoms with E-state index in [1.807, 2.05) is 0 Å². The van der Waals surface area contributed by atoms with Gasteiger partial charge in [-0.2, -0.15) is 0 Å². The summed E-state index contributed by atoms with van der Waals surface area (Å²) >= 11 is 0. The fourth-order valence-corrected chi connectivity index (χ4v) is 1.08. The van der Waals surface area contributed by atoms with E-state index in [-0.39, 0.29) is 12.3 Å². The van der Waals surface area contributed by atoms with Crippen LogP contribution in [0.2, 0.25) is 0 Å². The van der Waals surface area contributed by atoms with Crippen molar-refractivity contribution in [3.8, 4) is 0 Å². The molecule has 0 aromatic heterocycles. The number of hydrogen-bond donors (Lipinski definition) is 1. The third-order valence-electron chi connectivity index (χ3n) is 1.72. The first-order chi connectivity index (χ1) is 6.08. The van der Waals surface area contributed by atoms with Gasteiger partial charge in [0.05, 0.1) is 12.9 Å². The lowest BCUT2D eigenvalue weighted by atomic mass is 9.94. The quantitative estimate of drug-likeness (QED) is 0.627. The Morgan fingerprint density at radius 3 is 2.46 bits per heavy atom. The number of ether oxygens (including phenoxy) is 1. The minimum absolute atomic E-state index is 0.0494. The molecule has 0 spiro atoms. The Labute approximate surface area is 77.2 Å². The van der Waals surface area contributed by atoms with Gasteiger partial charge in [0.1, 0.15) is 19.0 Å². The zero-order valence-corrected chi connectivity index (χ0v) is 7.80. The molecule has 0 saturated carbocycles. The maximum Gasteiger partial charge on any atom is 0.121 e. The molecule has 0 bridgehead atoms. The highest BCUT2D eigenvalue weighted by molar-refractivity contribution is 4.79. The highest BCUT2D eigenvalue weighted by atomic mass is 19.1. The summed E-state index contributed by atoms with van der Waals surface area (Å²) in [6.07, 6.45) is 1.31. The number of aliphatic hydroxyl groups is 1. The molecule has 0 rings (SSSR count). The Bertz CT molecular complexity index is 147. The molecule has 1 unspecified atom stereocenters. The van der Waals surface area contributed by atoms with Crippen molar-refractivity contribution in [1.82, 2.24) is 0 Å². The van der Waals surface area contributed by atoms with E-state index in [4.69, 9.17) is 4.74 Å². The summed E-state index contributed by atoms with van der Waals surface area (Å²) in [5.41, 5.74) is -1.84. The van der Waals surface area contributed by atoms with Gasteiger partial charge in [-0.15, -0.1) is 0 Å². The van der Waals surface area contributed by atoms with E-state index < -0.39 is 19.0 Å². The Kier molecular flexibility index (Phi) is 5.62. The molecule has 0 aromatic rings. The molecular weight excluding hydrogens is 178 g/mol. The van der Waals surface area contributed by atoms with Gasteiger partial charge >= 0.3 is 0 Å². The summed E-state index contributed by atoms with van der Waals surface area (Å²) in [6.45, 7) is 3.26. The highest BCUT2D eigenvalue weighted by Crippen LogP contribution is 2.18. The summed E-state index contributed by atoms with van der Waals surface area (Å²) in [4.78, 5) is 0. The van der Waals surface area contributed by atoms with Crippen LogP contribution in [0.25, 0.3) is 0 Å². The molecule has 0 saturated heterocycles. The molecule has 2 nitrogen and oxygen atoms in total. The van der Waals surface area contributed by atoms with E-state index in [1.165, 1.54) is 6.26 Å². The molecule has 0 heterocycles. The van der Waals surface area contributed by atoms with Crippen LogP contribution in [0.1, 0.15) is 13.3 Å². The Morgan fingerprint density at radius 1 is 1.54 bits per heavy atom. The fraction of sp³-hybridized carbons (Fsp3) is 0.778. The smallest absolute Gasteiger partial charge is 0.121 e. The number of rotatable bonds is 7. The standard InChI is InChI=1S/C9H16F2O2/c1-3-13-5-8(2)4-9(12,6-10)7-11/h3,8,12H,1,4-7H2,2H3. The van der Waals surface area contributed by atoms with Crippen molar-refractivity contribution in [2.45, 2.75) is 18.9 Å². The third-order valence-corrected chi connectivity index (χ3v) is 1.72. The van der Waals surface area contributed by atoms with Crippen molar-refractivity contribution in [2.24, 2.45) is 5.92 Å². The van der Waals surface area contributed by atoms with Crippen LogP contribution in [0.15, 0.2) is 12.8 Å². The van der Waals surface area contributed by atoms with Gasteiger partial charge in [0.2, 0.25) is 0 Å². The second-order valence-electron chi connectivity index (χ2n) is 3.30. The van der Waals surface area contributed by atoms with Crippen LogP contribution in [0.3, 0.4) is 0 Å². The molecule has 4 heteroatoms. The summed E-state index contributed by atoms with van der Waals surface area (Å²) in [5.74, 6) is -0.102. The van der Waals surface area contributed by atoms with Gasteiger partial charge in [-0.25, -0.2) is 8.78 Å². The highest BCUT2D eigenvalue weighted by Gasteiger charge is 2.29. The van der Waals surface area contributed by atoms with E-state index in [1.54, 1.807) is 6.92 Å². The first-order valence-electron chi connectivity index (χ1n) is 4.15. The van der Waals surface area contributed by atoms with Gasteiger partial charge in [0, 0.05) is 0 Å². The van der Waals surface area contributed by atoms with E-state index in [0.29, 0.717) is 6.61 Å². The van der Waals surface area contributed by atoms with Crippen molar-refractivity contribution in [3.05, 3.63) is 12.8 Å². The molecule has 13 heavy (non-hydrogen) atoms. The normalized spacial score (nSPS) is 13.8. The van der Waals surface area contributed by atoms with Crippen molar-refractivity contribution in [3.63, 3.8) is 0 Å². The van der Waals surface area contributed by atoms with Gasteiger partial charge in [-0.3, -0.25) is 0 Å². The van der Waals surface area contributed by atoms with Crippen LogP contribution < -0.4 is 0 Å². The van der Waals surface area contributed by atoms with Crippen LogP contribution in [-0.2, 0) is 4.74 Å². The Hall–Kier alpha value is -0.640. The van der Waals surface area contributed by atoms with Crippen LogP contribution in [0, 0.1) is 5.92 Å². The van der Waals surface area contributed by atoms with Crippen molar-refractivity contribution in [1.29, 1.82) is 0 Å². The summed E-state index contributed by atoms with van der Waals surface area (Å²) in [6, 6.07) is 0. The molecule has 0 aliphatic heterocycles. The zero-order chi connectivity index (χ0) is 10.3. The van der Waals surface area contributed by atoms with E-state index in [0.717, 1.165) is 0 Å². The first-order valence-corrected chi connectivity index (χ1v) is 4.15. The second-order valence-corrected chi connectivity index (χ2v) is 3.30. The molecule has 0 radical (unpaired) electrons. The first kappa shape index (κ1) is 12.4. The summed E-state index contributed by atoms with van der Waals surface area (Å²) in [7, 11) is 0. The van der Waals surface area contributed by atoms with Crippen LogP contribution >= 0.6 is 0 Å². The van der Waals surface area contributed by atoms with Crippen LogP contribution in [0.5, 0.6) is 0 Å². The molecule has 0 aliphatic rings. The average molecular weight is 194 g/mol. The molecule has 0 aromatic carbocycles. The molecule has 0 fully saturated rings. The lowest BCUT2D eigenvalue weighted by Gasteiger charge is -2.24. The lowest BCUT2D eigenvalue weighted by molar-refractivity contribution is -0.0305. The zero-order valence-electron chi connectivity index (χ0n) is 7.80. The Balaban J connectivity index is 3.86. The summed E-state index contributed by atoms with van der Waals surface area (Å²) < 4.78 is 29.2. The van der Waals surface area contributed by atoms with Gasteiger partial charge in [-0.1, -0.05) is 13.5 Å². The molecule has 78 valence electrons. The molecule has 1 atom stereocenters. The van der Waals surface area contributed by atoms with E-state index in [2.05, 4.69) is 6.58 Å². The molecular formula is C9H16F2O2. The number of halogens is 2. The van der Waals surface area contributed by atoms with Gasteiger partial charge in [0.15, 0.2) is 0 Å². The van der Waals surface area contributed by atoms with Gasteiger partial charge < -0.3 is 9.84 Å². The van der Waals surface area contributed by atoms with Crippen molar-refractivity contribution < 1.29 is 18.6 Å². The SMILES string of the molecule is C=COCC(C)CC(O)(CF)CF. The average Bonchev–Trinajstić information content (AvgIpc) is 2.14. The lowest BCUT2D eigenvalue weighted by Crippen LogP contribution is -2.36.